The first-order valence-corrected chi connectivity index (χ1v) is 6.09. The first-order chi connectivity index (χ1) is 9.60. The Kier molecular flexibility index (Phi) is 2.78. The van der Waals surface area contributed by atoms with E-state index < -0.39 is 17.3 Å². The lowest BCUT2D eigenvalue weighted by molar-refractivity contribution is 0.0692. The SMILES string of the molecule is CCc1occc1-c1nc2cc(C(=O)O)c(F)cc2[nH]1. The van der Waals surface area contributed by atoms with Gasteiger partial charge in [-0.05, 0) is 12.1 Å². The summed E-state index contributed by atoms with van der Waals surface area (Å²) in [6.45, 7) is 1.95. The van der Waals surface area contributed by atoms with Crippen molar-refractivity contribution in [1.82, 2.24) is 9.97 Å². The van der Waals surface area contributed by atoms with E-state index in [1.54, 1.807) is 12.3 Å². The number of rotatable bonds is 3. The van der Waals surface area contributed by atoms with Crippen LogP contribution in [0.4, 0.5) is 4.39 Å². The Labute approximate surface area is 113 Å². The van der Waals surface area contributed by atoms with Crippen molar-refractivity contribution < 1.29 is 18.7 Å². The van der Waals surface area contributed by atoms with Gasteiger partial charge in [0.05, 0.1) is 28.4 Å². The Morgan fingerprint density at radius 2 is 2.30 bits per heavy atom. The van der Waals surface area contributed by atoms with Crippen molar-refractivity contribution in [2.45, 2.75) is 13.3 Å². The molecule has 0 fully saturated rings. The van der Waals surface area contributed by atoms with E-state index in [1.807, 2.05) is 6.92 Å². The molecule has 0 radical (unpaired) electrons. The second kappa shape index (κ2) is 4.48. The van der Waals surface area contributed by atoms with Crippen molar-refractivity contribution in [1.29, 1.82) is 0 Å². The predicted molar refractivity (Wildman–Crippen MR) is 70.1 cm³/mol. The minimum absolute atomic E-state index is 0.390. The number of aromatic carboxylic acids is 1. The molecule has 0 aliphatic carbocycles. The number of hydrogen-bond donors (Lipinski definition) is 2. The Balaban J connectivity index is 2.18. The molecule has 0 saturated carbocycles. The molecule has 0 unspecified atom stereocenters. The summed E-state index contributed by atoms with van der Waals surface area (Å²) in [5, 5.41) is 8.91. The van der Waals surface area contributed by atoms with Crippen molar-refractivity contribution in [2.24, 2.45) is 0 Å². The Hall–Kier alpha value is -2.63. The molecule has 20 heavy (non-hydrogen) atoms. The minimum Gasteiger partial charge on any atom is -0.478 e. The molecule has 0 saturated heterocycles. The normalized spacial score (nSPS) is 11.1. The number of nitrogens with zero attached hydrogens (tertiary/aromatic N) is 1. The lowest BCUT2D eigenvalue weighted by atomic mass is 10.2. The Morgan fingerprint density at radius 3 is 3.00 bits per heavy atom. The van der Waals surface area contributed by atoms with Crippen LogP contribution in [0.25, 0.3) is 22.4 Å². The summed E-state index contributed by atoms with van der Waals surface area (Å²) in [6.07, 6.45) is 2.26. The van der Waals surface area contributed by atoms with Crippen LogP contribution in [0.15, 0.2) is 28.9 Å². The lowest BCUT2D eigenvalue weighted by Crippen LogP contribution is -1.99. The van der Waals surface area contributed by atoms with E-state index in [1.165, 1.54) is 6.07 Å². The summed E-state index contributed by atoms with van der Waals surface area (Å²) >= 11 is 0. The second-order valence-electron chi connectivity index (χ2n) is 4.35. The van der Waals surface area contributed by atoms with Gasteiger partial charge in [-0.25, -0.2) is 14.2 Å². The maximum absolute atomic E-state index is 13.6. The van der Waals surface area contributed by atoms with Crippen LogP contribution in [0.1, 0.15) is 23.0 Å². The molecular formula is C14H11FN2O3. The van der Waals surface area contributed by atoms with Crippen molar-refractivity contribution in [3.8, 4) is 11.4 Å². The maximum atomic E-state index is 13.6. The molecule has 2 aromatic heterocycles. The molecule has 1 aromatic carbocycles. The molecule has 0 aliphatic rings. The van der Waals surface area contributed by atoms with Crippen LogP contribution in [0.5, 0.6) is 0 Å². The third-order valence-corrected chi connectivity index (χ3v) is 3.12. The third kappa shape index (κ3) is 1.85. The third-order valence-electron chi connectivity index (χ3n) is 3.12. The van der Waals surface area contributed by atoms with Crippen molar-refractivity contribution in [3.05, 3.63) is 41.6 Å². The minimum atomic E-state index is -1.31. The van der Waals surface area contributed by atoms with Crippen LogP contribution in [0.2, 0.25) is 0 Å². The number of H-pyrrole nitrogens is 1. The van der Waals surface area contributed by atoms with Gasteiger partial charge in [0.2, 0.25) is 0 Å². The molecule has 5 nitrogen and oxygen atoms in total. The molecule has 3 aromatic rings. The number of imidazole rings is 1. The molecule has 2 N–H and O–H groups in total. The highest BCUT2D eigenvalue weighted by Gasteiger charge is 2.16. The molecule has 0 atom stereocenters. The van der Waals surface area contributed by atoms with Crippen molar-refractivity contribution in [3.63, 3.8) is 0 Å². The van der Waals surface area contributed by atoms with Gasteiger partial charge in [-0.2, -0.15) is 0 Å². The highest BCUT2D eigenvalue weighted by atomic mass is 19.1. The zero-order valence-electron chi connectivity index (χ0n) is 10.6. The maximum Gasteiger partial charge on any atom is 0.338 e. The molecule has 3 rings (SSSR count). The number of aryl methyl sites for hydroxylation is 1. The fraction of sp³-hybridized carbons (Fsp3) is 0.143. The molecular weight excluding hydrogens is 263 g/mol. The van der Waals surface area contributed by atoms with Crippen LogP contribution in [0, 0.1) is 5.82 Å². The zero-order chi connectivity index (χ0) is 14.3. The number of nitrogens with one attached hydrogen (secondary N) is 1. The van der Waals surface area contributed by atoms with Crippen LogP contribution >= 0.6 is 0 Å². The van der Waals surface area contributed by atoms with Gasteiger partial charge in [0.15, 0.2) is 0 Å². The molecule has 0 amide bonds. The van der Waals surface area contributed by atoms with E-state index in [4.69, 9.17) is 9.52 Å². The van der Waals surface area contributed by atoms with E-state index in [9.17, 15) is 9.18 Å². The van der Waals surface area contributed by atoms with Gasteiger partial charge in [-0.3, -0.25) is 0 Å². The first kappa shape index (κ1) is 12.4. The number of aromatic amines is 1. The van der Waals surface area contributed by atoms with Gasteiger partial charge in [0.1, 0.15) is 17.4 Å². The first-order valence-electron chi connectivity index (χ1n) is 6.09. The quantitative estimate of drug-likeness (QED) is 0.768. The van der Waals surface area contributed by atoms with Gasteiger partial charge in [-0.1, -0.05) is 6.92 Å². The average molecular weight is 274 g/mol. The van der Waals surface area contributed by atoms with E-state index >= 15 is 0 Å². The highest BCUT2D eigenvalue weighted by Crippen LogP contribution is 2.26. The Bertz CT molecular complexity index is 804. The number of fused-ring (bicyclic) bond motifs is 1. The van der Waals surface area contributed by atoms with Crippen LogP contribution in [0.3, 0.4) is 0 Å². The summed E-state index contributed by atoms with van der Waals surface area (Å²) < 4.78 is 18.9. The number of hydrogen-bond acceptors (Lipinski definition) is 3. The molecule has 0 aliphatic heterocycles. The summed E-state index contributed by atoms with van der Waals surface area (Å²) in [7, 11) is 0. The van der Waals surface area contributed by atoms with E-state index in [0.717, 1.165) is 17.4 Å². The predicted octanol–water partition coefficient (Wildman–Crippen LogP) is 3.22. The molecule has 0 spiro atoms. The smallest absolute Gasteiger partial charge is 0.338 e. The number of carbonyl (C=O) groups is 1. The second-order valence-corrected chi connectivity index (χ2v) is 4.35. The number of carboxylic acids is 1. The van der Waals surface area contributed by atoms with E-state index in [0.29, 0.717) is 23.3 Å². The van der Waals surface area contributed by atoms with E-state index in [2.05, 4.69) is 9.97 Å². The number of aromatic nitrogens is 2. The molecule has 102 valence electrons. The molecule has 6 heteroatoms. The molecule has 0 bridgehead atoms. The fourth-order valence-corrected chi connectivity index (χ4v) is 2.15. The van der Waals surface area contributed by atoms with Gasteiger partial charge in [-0.15, -0.1) is 0 Å². The molecule has 2 heterocycles. The zero-order valence-corrected chi connectivity index (χ0v) is 10.6. The van der Waals surface area contributed by atoms with Crippen LogP contribution < -0.4 is 0 Å². The largest absolute Gasteiger partial charge is 0.478 e. The van der Waals surface area contributed by atoms with Crippen molar-refractivity contribution >= 4 is 17.0 Å². The summed E-state index contributed by atoms with van der Waals surface area (Å²) in [4.78, 5) is 18.2. The van der Waals surface area contributed by atoms with Gasteiger partial charge in [0.25, 0.3) is 0 Å². The monoisotopic (exact) mass is 274 g/mol. The summed E-state index contributed by atoms with van der Waals surface area (Å²) in [6, 6.07) is 4.13. The standard InChI is InChI=1S/C14H11FN2O3/c1-2-12-7(3-4-20-12)13-16-10-5-8(14(18)19)9(15)6-11(10)17-13/h3-6H,2H2,1H3,(H,16,17)(H,18,19). The van der Waals surface area contributed by atoms with Crippen LogP contribution in [-0.4, -0.2) is 21.0 Å². The lowest BCUT2D eigenvalue weighted by Gasteiger charge is -1.95. The highest BCUT2D eigenvalue weighted by molar-refractivity contribution is 5.93. The van der Waals surface area contributed by atoms with Gasteiger partial charge >= 0.3 is 5.97 Å². The number of benzene rings is 1. The van der Waals surface area contributed by atoms with E-state index in [-0.39, 0.29) is 0 Å². The van der Waals surface area contributed by atoms with Gasteiger partial charge < -0.3 is 14.5 Å². The Morgan fingerprint density at radius 1 is 1.50 bits per heavy atom. The fourth-order valence-electron chi connectivity index (χ4n) is 2.15. The summed E-state index contributed by atoms with van der Waals surface area (Å²) in [5.41, 5.74) is 1.26. The van der Waals surface area contributed by atoms with Gasteiger partial charge in [0, 0.05) is 12.5 Å². The van der Waals surface area contributed by atoms with Crippen molar-refractivity contribution in [2.75, 3.05) is 0 Å². The summed E-state index contributed by atoms with van der Waals surface area (Å²) in [5.74, 6) is -0.801. The number of furan rings is 1. The van der Waals surface area contributed by atoms with Crippen LogP contribution in [-0.2, 0) is 6.42 Å². The number of carboxylic acid groups (broad SMARTS) is 1. The average Bonchev–Trinajstić information content (AvgIpc) is 3.02. The topological polar surface area (TPSA) is 79.1 Å². The number of halogens is 1.